The molecule has 21 heavy (non-hydrogen) atoms. The van der Waals surface area contributed by atoms with Crippen LogP contribution in [0.1, 0.15) is 5.76 Å². The Morgan fingerprint density at radius 1 is 1.19 bits per heavy atom. The van der Waals surface area contributed by atoms with E-state index >= 15 is 0 Å². The molecule has 3 rings (SSSR count). The number of hydrogen-bond acceptors (Lipinski definition) is 4. The third-order valence-electron chi connectivity index (χ3n) is 3.60. The number of hydrogen-bond donors (Lipinski definition) is 1. The van der Waals surface area contributed by atoms with Gasteiger partial charge in [0.1, 0.15) is 11.5 Å². The summed E-state index contributed by atoms with van der Waals surface area (Å²) in [5.74, 6) is 1.82. The van der Waals surface area contributed by atoms with Crippen molar-refractivity contribution in [1.82, 2.24) is 4.90 Å². The van der Waals surface area contributed by atoms with E-state index in [9.17, 15) is 5.11 Å². The number of halogens is 1. The second-order valence-electron chi connectivity index (χ2n) is 5.18. The van der Waals surface area contributed by atoms with Gasteiger partial charge in [-0.05, 0) is 24.3 Å². The molecule has 0 aliphatic carbocycles. The van der Waals surface area contributed by atoms with Crippen LogP contribution < -0.4 is 0 Å². The van der Waals surface area contributed by atoms with Crippen molar-refractivity contribution in [3.63, 3.8) is 0 Å². The first kappa shape index (κ1) is 14.8. The van der Waals surface area contributed by atoms with Gasteiger partial charge in [-0.1, -0.05) is 28.1 Å². The van der Waals surface area contributed by atoms with Crippen molar-refractivity contribution in [3.8, 4) is 11.3 Å². The van der Waals surface area contributed by atoms with Crippen LogP contribution in [0.5, 0.6) is 0 Å². The van der Waals surface area contributed by atoms with E-state index in [1.54, 1.807) is 0 Å². The van der Waals surface area contributed by atoms with Gasteiger partial charge in [0.15, 0.2) is 0 Å². The summed E-state index contributed by atoms with van der Waals surface area (Å²) >= 11 is 3.43. The zero-order chi connectivity index (χ0) is 14.7. The SMILES string of the molecule is OCC1CN(Cc2ccc(-c3ccc(Br)cc3)o2)CCO1. The van der Waals surface area contributed by atoms with E-state index in [1.165, 1.54) is 0 Å². The average molecular weight is 352 g/mol. The minimum Gasteiger partial charge on any atom is -0.460 e. The van der Waals surface area contributed by atoms with Gasteiger partial charge in [-0.15, -0.1) is 0 Å². The summed E-state index contributed by atoms with van der Waals surface area (Å²) in [5, 5.41) is 9.17. The summed E-state index contributed by atoms with van der Waals surface area (Å²) in [4.78, 5) is 2.24. The third kappa shape index (κ3) is 3.74. The van der Waals surface area contributed by atoms with E-state index in [2.05, 4.69) is 20.8 Å². The van der Waals surface area contributed by atoms with Gasteiger partial charge in [0.05, 0.1) is 25.9 Å². The molecule has 0 spiro atoms. The van der Waals surface area contributed by atoms with Crippen LogP contribution in [0, 0.1) is 0 Å². The Morgan fingerprint density at radius 3 is 2.76 bits per heavy atom. The van der Waals surface area contributed by atoms with Gasteiger partial charge in [-0.2, -0.15) is 0 Å². The molecule has 0 amide bonds. The number of benzene rings is 1. The van der Waals surface area contributed by atoms with Crippen LogP contribution in [0.3, 0.4) is 0 Å². The lowest BCUT2D eigenvalue weighted by molar-refractivity contribution is -0.0564. The van der Waals surface area contributed by atoms with E-state index in [1.807, 2.05) is 36.4 Å². The first-order valence-corrected chi connectivity index (χ1v) is 7.83. The maximum Gasteiger partial charge on any atom is 0.134 e. The molecule has 1 saturated heterocycles. The molecule has 1 aromatic heterocycles. The third-order valence-corrected chi connectivity index (χ3v) is 4.13. The minimum absolute atomic E-state index is 0.0683. The van der Waals surface area contributed by atoms with Gasteiger partial charge in [-0.25, -0.2) is 0 Å². The lowest BCUT2D eigenvalue weighted by Crippen LogP contribution is -2.43. The van der Waals surface area contributed by atoms with E-state index in [0.717, 1.165) is 41.2 Å². The van der Waals surface area contributed by atoms with Crippen molar-refractivity contribution < 1.29 is 14.3 Å². The molecule has 1 N–H and O–H groups in total. The minimum atomic E-state index is -0.0837. The van der Waals surface area contributed by atoms with E-state index in [-0.39, 0.29) is 12.7 Å². The number of furan rings is 1. The van der Waals surface area contributed by atoms with Crippen LogP contribution in [-0.2, 0) is 11.3 Å². The Labute approximate surface area is 132 Å². The smallest absolute Gasteiger partial charge is 0.134 e. The Kier molecular flexibility index (Phi) is 4.75. The maximum absolute atomic E-state index is 9.17. The van der Waals surface area contributed by atoms with Crippen molar-refractivity contribution in [2.24, 2.45) is 0 Å². The number of morpholine rings is 1. The molecule has 112 valence electrons. The van der Waals surface area contributed by atoms with Crippen molar-refractivity contribution in [3.05, 3.63) is 46.6 Å². The summed E-state index contributed by atoms with van der Waals surface area (Å²) < 4.78 is 12.4. The lowest BCUT2D eigenvalue weighted by Gasteiger charge is -2.31. The Balaban J connectivity index is 1.66. The fourth-order valence-electron chi connectivity index (χ4n) is 2.49. The van der Waals surface area contributed by atoms with Crippen LogP contribution >= 0.6 is 15.9 Å². The maximum atomic E-state index is 9.17. The van der Waals surface area contributed by atoms with Crippen molar-refractivity contribution >= 4 is 15.9 Å². The van der Waals surface area contributed by atoms with Gasteiger partial charge in [0, 0.05) is 23.1 Å². The lowest BCUT2D eigenvalue weighted by atomic mass is 10.2. The largest absolute Gasteiger partial charge is 0.460 e. The number of aliphatic hydroxyl groups excluding tert-OH is 1. The number of rotatable bonds is 4. The molecule has 1 unspecified atom stereocenters. The molecule has 5 heteroatoms. The molecule has 0 saturated carbocycles. The molecule has 2 heterocycles. The average Bonchev–Trinajstić information content (AvgIpc) is 2.96. The standard InChI is InChI=1S/C16H18BrNO3/c17-13-3-1-12(2-4-13)16-6-5-14(21-16)9-18-7-8-20-15(10-18)11-19/h1-6,15,19H,7-11H2. The number of nitrogens with zero attached hydrogens (tertiary/aromatic N) is 1. The quantitative estimate of drug-likeness (QED) is 0.919. The summed E-state index contributed by atoms with van der Waals surface area (Å²) in [6.45, 7) is 3.08. The molecular weight excluding hydrogens is 334 g/mol. The fraction of sp³-hybridized carbons (Fsp3) is 0.375. The first-order valence-electron chi connectivity index (χ1n) is 7.04. The van der Waals surface area contributed by atoms with Gasteiger partial charge in [0.25, 0.3) is 0 Å². The highest BCUT2D eigenvalue weighted by Gasteiger charge is 2.20. The molecule has 4 nitrogen and oxygen atoms in total. The van der Waals surface area contributed by atoms with E-state index in [0.29, 0.717) is 6.61 Å². The van der Waals surface area contributed by atoms with Crippen LogP contribution in [-0.4, -0.2) is 42.4 Å². The molecule has 1 aromatic carbocycles. The highest BCUT2D eigenvalue weighted by Crippen LogP contribution is 2.24. The molecule has 1 aliphatic rings. The molecule has 1 atom stereocenters. The van der Waals surface area contributed by atoms with Crippen molar-refractivity contribution in [2.75, 3.05) is 26.3 Å². The predicted molar refractivity (Wildman–Crippen MR) is 83.9 cm³/mol. The van der Waals surface area contributed by atoms with Crippen LogP contribution in [0.15, 0.2) is 45.3 Å². The molecular formula is C16H18BrNO3. The first-order chi connectivity index (χ1) is 10.2. The van der Waals surface area contributed by atoms with Crippen molar-refractivity contribution in [2.45, 2.75) is 12.6 Å². The van der Waals surface area contributed by atoms with Gasteiger partial charge in [0.2, 0.25) is 0 Å². The van der Waals surface area contributed by atoms with E-state index in [4.69, 9.17) is 9.15 Å². The van der Waals surface area contributed by atoms with Gasteiger partial charge < -0.3 is 14.3 Å². The second kappa shape index (κ2) is 6.75. The van der Waals surface area contributed by atoms with Gasteiger partial charge in [-0.3, -0.25) is 4.90 Å². The zero-order valence-electron chi connectivity index (χ0n) is 11.7. The Morgan fingerprint density at radius 2 is 2.00 bits per heavy atom. The number of aliphatic hydroxyl groups is 1. The van der Waals surface area contributed by atoms with Crippen molar-refractivity contribution in [1.29, 1.82) is 0 Å². The van der Waals surface area contributed by atoms with Crippen LogP contribution in [0.25, 0.3) is 11.3 Å². The molecule has 0 radical (unpaired) electrons. The topological polar surface area (TPSA) is 45.8 Å². The molecule has 0 bridgehead atoms. The summed E-state index contributed by atoms with van der Waals surface area (Å²) in [6, 6.07) is 12.1. The monoisotopic (exact) mass is 351 g/mol. The summed E-state index contributed by atoms with van der Waals surface area (Å²) in [6.07, 6.45) is -0.0837. The predicted octanol–water partition coefficient (Wildman–Crippen LogP) is 2.90. The Hall–Kier alpha value is -1.14. The number of ether oxygens (including phenoxy) is 1. The highest BCUT2D eigenvalue weighted by molar-refractivity contribution is 9.10. The molecule has 1 fully saturated rings. The van der Waals surface area contributed by atoms with E-state index < -0.39 is 0 Å². The molecule has 2 aromatic rings. The van der Waals surface area contributed by atoms with Crippen LogP contribution in [0.2, 0.25) is 0 Å². The second-order valence-corrected chi connectivity index (χ2v) is 6.10. The van der Waals surface area contributed by atoms with Gasteiger partial charge >= 0.3 is 0 Å². The summed E-state index contributed by atoms with van der Waals surface area (Å²) in [7, 11) is 0. The summed E-state index contributed by atoms with van der Waals surface area (Å²) in [5.41, 5.74) is 1.07. The fourth-order valence-corrected chi connectivity index (χ4v) is 2.75. The van der Waals surface area contributed by atoms with Crippen LogP contribution in [0.4, 0.5) is 0 Å². The zero-order valence-corrected chi connectivity index (χ0v) is 13.3. The normalized spacial score (nSPS) is 19.8. The highest BCUT2D eigenvalue weighted by atomic mass is 79.9. The Bertz CT molecular complexity index is 581. The molecule has 1 aliphatic heterocycles.